The summed E-state index contributed by atoms with van der Waals surface area (Å²) in [5, 5.41) is 0. The summed E-state index contributed by atoms with van der Waals surface area (Å²) in [6.07, 6.45) is 0.332. The zero-order chi connectivity index (χ0) is 12.1. The Bertz CT molecular complexity index is 381. The summed E-state index contributed by atoms with van der Waals surface area (Å²) in [6, 6.07) is 4.86. The minimum atomic E-state index is -0.224. The first-order valence-corrected chi connectivity index (χ1v) is 5.63. The third-order valence-corrected chi connectivity index (χ3v) is 2.57. The van der Waals surface area contributed by atoms with Crippen LogP contribution in [0.25, 0.3) is 0 Å². The Labute approximate surface area is 100 Å². The van der Waals surface area contributed by atoms with Crippen LogP contribution < -0.4 is 0 Å². The van der Waals surface area contributed by atoms with E-state index in [4.69, 9.17) is 11.6 Å². The van der Waals surface area contributed by atoms with E-state index in [-0.39, 0.29) is 11.7 Å². The highest BCUT2D eigenvalue weighted by Gasteiger charge is 2.08. The first-order valence-electron chi connectivity index (χ1n) is 5.09. The molecule has 0 aliphatic heterocycles. The van der Waals surface area contributed by atoms with E-state index >= 15 is 0 Å². The molecule has 16 heavy (non-hydrogen) atoms. The summed E-state index contributed by atoms with van der Waals surface area (Å²) in [5.74, 6) is 0.0986. The molecule has 0 aliphatic rings. The van der Waals surface area contributed by atoms with Gasteiger partial charge in [-0.2, -0.15) is 0 Å². The molecule has 0 spiro atoms. The molecule has 1 aromatic rings. The van der Waals surface area contributed by atoms with Crippen LogP contribution in [-0.2, 0) is 11.3 Å². The third kappa shape index (κ3) is 3.49. The van der Waals surface area contributed by atoms with Crippen molar-refractivity contribution in [3.05, 3.63) is 35.1 Å². The van der Waals surface area contributed by atoms with E-state index < -0.39 is 0 Å². The maximum absolute atomic E-state index is 13.0. The number of halogens is 2. The minimum Gasteiger partial charge on any atom is -0.341 e. The number of hydrogen-bond donors (Lipinski definition) is 0. The minimum absolute atomic E-state index is 0.00280. The van der Waals surface area contributed by atoms with Crippen molar-refractivity contribution in [3.8, 4) is 0 Å². The second-order valence-electron chi connectivity index (χ2n) is 3.77. The SMILES string of the molecule is Cc1cc(CN(C)C(=O)CCCl)ccc1F. The van der Waals surface area contributed by atoms with Crippen LogP contribution in [0.15, 0.2) is 18.2 Å². The monoisotopic (exact) mass is 243 g/mol. The van der Waals surface area contributed by atoms with Gasteiger partial charge in [-0.05, 0) is 24.1 Å². The molecule has 0 unspecified atom stereocenters. The van der Waals surface area contributed by atoms with Gasteiger partial charge in [-0.25, -0.2) is 4.39 Å². The van der Waals surface area contributed by atoms with Gasteiger partial charge in [0.15, 0.2) is 0 Å². The number of carbonyl (C=O) groups excluding carboxylic acids is 1. The van der Waals surface area contributed by atoms with Crippen molar-refractivity contribution in [2.75, 3.05) is 12.9 Å². The second-order valence-corrected chi connectivity index (χ2v) is 4.15. The van der Waals surface area contributed by atoms with Crippen molar-refractivity contribution in [2.45, 2.75) is 19.9 Å². The molecule has 0 atom stereocenters. The Balaban J connectivity index is 2.66. The van der Waals surface area contributed by atoms with Crippen molar-refractivity contribution in [1.29, 1.82) is 0 Å². The van der Waals surface area contributed by atoms with Crippen LogP contribution in [0.1, 0.15) is 17.5 Å². The highest BCUT2D eigenvalue weighted by Crippen LogP contribution is 2.11. The molecule has 0 aliphatic carbocycles. The highest BCUT2D eigenvalue weighted by atomic mass is 35.5. The van der Waals surface area contributed by atoms with Crippen LogP contribution in [0.5, 0.6) is 0 Å². The van der Waals surface area contributed by atoms with Crippen molar-refractivity contribution < 1.29 is 9.18 Å². The highest BCUT2D eigenvalue weighted by molar-refractivity contribution is 6.18. The summed E-state index contributed by atoms with van der Waals surface area (Å²) < 4.78 is 13.0. The van der Waals surface area contributed by atoms with Gasteiger partial charge >= 0.3 is 0 Å². The van der Waals surface area contributed by atoms with E-state index in [0.717, 1.165) is 5.56 Å². The standard InChI is InChI=1S/C12H15ClFNO/c1-9-7-10(3-4-11(9)14)8-15(2)12(16)5-6-13/h3-4,7H,5-6,8H2,1-2H3. The average Bonchev–Trinajstić information content (AvgIpc) is 2.24. The molecule has 0 bridgehead atoms. The van der Waals surface area contributed by atoms with Gasteiger partial charge in [0.25, 0.3) is 0 Å². The predicted molar refractivity (Wildman–Crippen MR) is 62.9 cm³/mol. The summed E-state index contributed by atoms with van der Waals surface area (Å²) >= 11 is 5.49. The number of benzene rings is 1. The van der Waals surface area contributed by atoms with Crippen LogP contribution >= 0.6 is 11.6 Å². The summed E-state index contributed by atoms with van der Waals surface area (Å²) in [5.41, 5.74) is 1.51. The van der Waals surface area contributed by atoms with Crippen LogP contribution in [0.4, 0.5) is 4.39 Å². The van der Waals surface area contributed by atoms with E-state index in [1.807, 2.05) is 0 Å². The average molecular weight is 244 g/mol. The number of carbonyl (C=O) groups is 1. The predicted octanol–water partition coefficient (Wildman–Crippen LogP) is 2.72. The zero-order valence-electron chi connectivity index (χ0n) is 9.46. The zero-order valence-corrected chi connectivity index (χ0v) is 10.2. The molecular formula is C12H15ClFNO. The summed E-state index contributed by atoms with van der Waals surface area (Å²) in [6.45, 7) is 2.19. The maximum Gasteiger partial charge on any atom is 0.223 e. The molecule has 0 heterocycles. The van der Waals surface area contributed by atoms with Gasteiger partial charge in [0.1, 0.15) is 5.82 Å². The molecule has 4 heteroatoms. The van der Waals surface area contributed by atoms with Crippen LogP contribution in [-0.4, -0.2) is 23.7 Å². The fourth-order valence-electron chi connectivity index (χ4n) is 1.44. The van der Waals surface area contributed by atoms with Gasteiger partial charge in [0.2, 0.25) is 5.91 Å². The molecular weight excluding hydrogens is 229 g/mol. The van der Waals surface area contributed by atoms with Crippen molar-refractivity contribution in [1.82, 2.24) is 4.90 Å². The lowest BCUT2D eigenvalue weighted by atomic mass is 10.1. The lowest BCUT2D eigenvalue weighted by Crippen LogP contribution is -2.26. The largest absolute Gasteiger partial charge is 0.341 e. The van der Waals surface area contributed by atoms with Gasteiger partial charge in [-0.15, -0.1) is 11.6 Å². The molecule has 0 saturated carbocycles. The van der Waals surface area contributed by atoms with Gasteiger partial charge in [0.05, 0.1) is 0 Å². The van der Waals surface area contributed by atoms with Crippen molar-refractivity contribution in [3.63, 3.8) is 0 Å². The second kappa shape index (κ2) is 5.85. The Hall–Kier alpha value is -1.09. The maximum atomic E-state index is 13.0. The number of aryl methyl sites for hydroxylation is 1. The van der Waals surface area contributed by atoms with Crippen molar-refractivity contribution in [2.24, 2.45) is 0 Å². The lowest BCUT2D eigenvalue weighted by Gasteiger charge is -2.17. The van der Waals surface area contributed by atoms with Gasteiger partial charge < -0.3 is 4.90 Å². The molecule has 1 rings (SSSR count). The van der Waals surface area contributed by atoms with Crippen LogP contribution in [0.3, 0.4) is 0 Å². The normalized spacial score (nSPS) is 10.2. The van der Waals surface area contributed by atoms with Gasteiger partial charge in [0, 0.05) is 25.9 Å². The first kappa shape index (κ1) is 13.0. The Morgan fingerprint density at radius 3 is 2.75 bits per heavy atom. The Kier molecular flexibility index (Phi) is 4.74. The van der Waals surface area contributed by atoms with E-state index in [1.54, 1.807) is 31.0 Å². The van der Waals surface area contributed by atoms with Crippen LogP contribution in [0.2, 0.25) is 0 Å². The quantitative estimate of drug-likeness (QED) is 0.745. The van der Waals surface area contributed by atoms with E-state index in [1.165, 1.54) is 6.07 Å². The van der Waals surface area contributed by atoms with E-state index in [0.29, 0.717) is 24.4 Å². The van der Waals surface area contributed by atoms with Gasteiger partial charge in [-0.3, -0.25) is 4.79 Å². The molecule has 0 fully saturated rings. The molecule has 0 saturated heterocycles. The molecule has 1 amide bonds. The number of alkyl halides is 1. The van der Waals surface area contributed by atoms with Crippen LogP contribution in [0, 0.1) is 12.7 Å². The molecule has 88 valence electrons. The van der Waals surface area contributed by atoms with Gasteiger partial charge in [-0.1, -0.05) is 12.1 Å². The number of nitrogens with zero attached hydrogens (tertiary/aromatic N) is 1. The molecule has 1 aromatic carbocycles. The topological polar surface area (TPSA) is 20.3 Å². The number of amides is 1. The first-order chi connectivity index (χ1) is 7.54. The molecule has 0 N–H and O–H groups in total. The fourth-order valence-corrected chi connectivity index (χ4v) is 1.60. The smallest absolute Gasteiger partial charge is 0.223 e. The lowest BCUT2D eigenvalue weighted by molar-refractivity contribution is -0.129. The van der Waals surface area contributed by atoms with Crippen molar-refractivity contribution >= 4 is 17.5 Å². The number of rotatable bonds is 4. The molecule has 2 nitrogen and oxygen atoms in total. The number of hydrogen-bond acceptors (Lipinski definition) is 1. The summed E-state index contributed by atoms with van der Waals surface area (Å²) in [7, 11) is 1.72. The Morgan fingerprint density at radius 1 is 1.50 bits per heavy atom. The molecule has 0 radical (unpaired) electrons. The van der Waals surface area contributed by atoms with E-state index in [2.05, 4.69) is 0 Å². The third-order valence-electron chi connectivity index (χ3n) is 2.38. The fraction of sp³-hybridized carbons (Fsp3) is 0.417. The summed E-state index contributed by atoms with van der Waals surface area (Å²) in [4.78, 5) is 13.1. The molecule has 0 aromatic heterocycles. The van der Waals surface area contributed by atoms with E-state index in [9.17, 15) is 9.18 Å². The Morgan fingerprint density at radius 2 is 2.19 bits per heavy atom.